The van der Waals surface area contributed by atoms with Crippen molar-refractivity contribution in [3.05, 3.63) is 95.6 Å². The Balaban J connectivity index is 1.22. The predicted molar refractivity (Wildman–Crippen MR) is 154 cm³/mol. The quantitative estimate of drug-likeness (QED) is 0.255. The van der Waals surface area contributed by atoms with Crippen LogP contribution in [0.3, 0.4) is 0 Å². The van der Waals surface area contributed by atoms with Crippen LogP contribution < -0.4 is 10.6 Å². The van der Waals surface area contributed by atoms with E-state index in [-0.39, 0.29) is 43.9 Å². The number of ether oxygens (including phenoxy) is 2. The molecule has 0 bridgehead atoms. The molecule has 3 aromatic carbocycles. The van der Waals surface area contributed by atoms with Gasteiger partial charge in [0.15, 0.2) is 0 Å². The number of hydrogen-bond acceptors (Lipinski definition) is 6. The van der Waals surface area contributed by atoms with E-state index in [9.17, 15) is 24.3 Å². The number of carboxylic acid groups (broad SMARTS) is 1. The fraction of sp³-hybridized carbons (Fsp3) is 0.333. The number of carbonyl (C=O) groups excluding carboxylic acids is 3. The fourth-order valence-electron chi connectivity index (χ4n) is 5.51. The summed E-state index contributed by atoms with van der Waals surface area (Å²) in [4.78, 5) is 50.1. The van der Waals surface area contributed by atoms with E-state index in [0.29, 0.717) is 0 Å². The van der Waals surface area contributed by atoms with Crippen molar-refractivity contribution >= 4 is 23.9 Å². The second kappa shape index (κ2) is 13.3. The van der Waals surface area contributed by atoms with Gasteiger partial charge in [-0.15, -0.1) is 0 Å². The first kappa shape index (κ1) is 28.9. The Morgan fingerprint density at radius 1 is 0.810 bits per heavy atom. The molecule has 0 heterocycles. The van der Waals surface area contributed by atoms with Crippen molar-refractivity contribution < 1.29 is 33.8 Å². The Hall–Kier alpha value is -4.66. The summed E-state index contributed by atoms with van der Waals surface area (Å²) < 4.78 is 10.9. The first-order valence-electron chi connectivity index (χ1n) is 14.2. The lowest BCUT2D eigenvalue weighted by atomic mass is 9.98. The number of rotatable bonds is 13. The maximum absolute atomic E-state index is 13.2. The van der Waals surface area contributed by atoms with E-state index in [2.05, 4.69) is 10.6 Å². The molecule has 1 saturated carbocycles. The predicted octanol–water partition coefficient (Wildman–Crippen LogP) is 4.64. The Labute approximate surface area is 244 Å². The molecule has 0 radical (unpaired) electrons. The molecular weight excluding hydrogens is 536 g/mol. The average Bonchev–Trinajstić information content (AvgIpc) is 3.79. The summed E-state index contributed by atoms with van der Waals surface area (Å²) in [5.41, 5.74) is 5.07. The molecule has 3 N–H and O–H groups in total. The molecule has 3 aromatic rings. The van der Waals surface area contributed by atoms with Crippen molar-refractivity contribution in [3.8, 4) is 11.1 Å². The van der Waals surface area contributed by atoms with E-state index in [1.54, 1.807) is 0 Å². The fourth-order valence-corrected chi connectivity index (χ4v) is 5.51. The molecule has 2 aliphatic carbocycles. The van der Waals surface area contributed by atoms with Crippen LogP contribution in [-0.2, 0) is 30.5 Å². The Kier molecular flexibility index (Phi) is 9.16. The van der Waals surface area contributed by atoms with Gasteiger partial charge in [0, 0.05) is 12.5 Å². The van der Waals surface area contributed by atoms with E-state index < -0.39 is 36.4 Å². The molecule has 1 unspecified atom stereocenters. The molecular formula is C33H34N2O7. The Morgan fingerprint density at radius 2 is 1.43 bits per heavy atom. The van der Waals surface area contributed by atoms with Crippen LogP contribution in [0.15, 0.2) is 78.9 Å². The van der Waals surface area contributed by atoms with Gasteiger partial charge in [0.2, 0.25) is 5.91 Å². The summed E-state index contributed by atoms with van der Waals surface area (Å²) in [5.74, 6) is -2.34. The van der Waals surface area contributed by atoms with Crippen LogP contribution >= 0.6 is 0 Å². The Morgan fingerprint density at radius 3 is 2.05 bits per heavy atom. The number of fused-ring (bicyclic) bond motifs is 3. The Bertz CT molecular complexity index is 1390. The highest BCUT2D eigenvalue weighted by Gasteiger charge is 2.34. The lowest BCUT2D eigenvalue weighted by Gasteiger charge is -2.21. The second-order valence-corrected chi connectivity index (χ2v) is 10.8. The summed E-state index contributed by atoms with van der Waals surface area (Å²) in [6.07, 6.45) is 0.532. The molecule has 9 nitrogen and oxygen atoms in total. The third-order valence-electron chi connectivity index (χ3n) is 7.83. The first-order chi connectivity index (χ1) is 20.4. The number of hydrogen-bond donors (Lipinski definition) is 3. The SMILES string of the molecule is O=C(O)CC(CNC(=O)[C@H](CC(=O)OCc1ccccc1)NC(=O)OCC1c2ccccc2-c2ccccc21)C1CC1. The smallest absolute Gasteiger partial charge is 0.407 e. The number of carbonyl (C=O) groups is 4. The molecule has 2 aliphatic rings. The van der Waals surface area contributed by atoms with Crippen LogP contribution in [0.5, 0.6) is 0 Å². The lowest BCUT2D eigenvalue weighted by molar-refractivity contribution is -0.147. The maximum atomic E-state index is 13.2. The summed E-state index contributed by atoms with van der Waals surface area (Å²) in [5, 5.41) is 14.5. The van der Waals surface area contributed by atoms with Gasteiger partial charge in [-0.1, -0.05) is 78.9 Å². The molecule has 5 rings (SSSR count). The largest absolute Gasteiger partial charge is 0.481 e. The lowest BCUT2D eigenvalue weighted by Crippen LogP contribution is -2.49. The van der Waals surface area contributed by atoms with E-state index in [1.807, 2.05) is 78.9 Å². The number of aliphatic carboxylic acids is 1. The van der Waals surface area contributed by atoms with E-state index in [4.69, 9.17) is 9.47 Å². The van der Waals surface area contributed by atoms with Crippen molar-refractivity contribution in [2.75, 3.05) is 13.2 Å². The molecule has 218 valence electrons. The minimum Gasteiger partial charge on any atom is -0.481 e. The molecule has 0 spiro atoms. The van der Waals surface area contributed by atoms with Crippen molar-refractivity contribution in [1.29, 1.82) is 0 Å². The molecule has 0 aromatic heterocycles. The van der Waals surface area contributed by atoms with Crippen molar-refractivity contribution in [1.82, 2.24) is 10.6 Å². The molecule has 2 atom stereocenters. The van der Waals surface area contributed by atoms with E-state index in [1.165, 1.54) is 0 Å². The van der Waals surface area contributed by atoms with Crippen molar-refractivity contribution in [3.63, 3.8) is 0 Å². The highest BCUT2D eigenvalue weighted by molar-refractivity contribution is 5.89. The van der Waals surface area contributed by atoms with Gasteiger partial charge >= 0.3 is 18.0 Å². The van der Waals surface area contributed by atoms with Gasteiger partial charge in [-0.05, 0) is 52.5 Å². The second-order valence-electron chi connectivity index (χ2n) is 10.8. The van der Waals surface area contributed by atoms with Gasteiger partial charge in [-0.3, -0.25) is 14.4 Å². The monoisotopic (exact) mass is 570 g/mol. The number of esters is 1. The van der Waals surface area contributed by atoms with Crippen LogP contribution in [0.25, 0.3) is 11.1 Å². The van der Waals surface area contributed by atoms with E-state index >= 15 is 0 Å². The molecule has 0 aliphatic heterocycles. The normalized spacial score (nSPS) is 15.0. The maximum Gasteiger partial charge on any atom is 0.407 e. The zero-order valence-electron chi connectivity index (χ0n) is 23.2. The van der Waals surface area contributed by atoms with Gasteiger partial charge in [-0.2, -0.15) is 0 Å². The number of carboxylic acids is 1. The van der Waals surface area contributed by atoms with E-state index in [0.717, 1.165) is 40.7 Å². The van der Waals surface area contributed by atoms with Crippen molar-refractivity contribution in [2.45, 2.75) is 44.2 Å². The van der Waals surface area contributed by atoms with Gasteiger partial charge in [0.1, 0.15) is 19.3 Å². The average molecular weight is 571 g/mol. The van der Waals surface area contributed by atoms with Crippen LogP contribution in [0.4, 0.5) is 4.79 Å². The number of alkyl carbamates (subject to hydrolysis) is 1. The van der Waals surface area contributed by atoms with Crippen LogP contribution in [-0.4, -0.2) is 48.2 Å². The summed E-state index contributed by atoms with van der Waals surface area (Å²) in [6.45, 7) is 0.216. The zero-order valence-corrected chi connectivity index (χ0v) is 23.2. The highest BCUT2D eigenvalue weighted by Crippen LogP contribution is 2.44. The van der Waals surface area contributed by atoms with Gasteiger partial charge in [0.05, 0.1) is 12.8 Å². The van der Waals surface area contributed by atoms with Crippen LogP contribution in [0.2, 0.25) is 0 Å². The van der Waals surface area contributed by atoms with Crippen LogP contribution in [0.1, 0.15) is 48.3 Å². The van der Waals surface area contributed by atoms with Gasteiger partial charge in [0.25, 0.3) is 0 Å². The molecule has 0 saturated heterocycles. The summed E-state index contributed by atoms with van der Waals surface area (Å²) in [6, 6.07) is 23.8. The zero-order chi connectivity index (χ0) is 29.5. The number of nitrogens with one attached hydrogen (secondary N) is 2. The standard InChI is InChI=1S/C33H34N2O7/c36-30(37)16-23(22-14-15-22)18-34-32(39)29(17-31(38)41-19-21-8-2-1-3-9-21)35-33(40)42-20-28-26-12-6-4-10-24(26)25-11-5-7-13-27(25)28/h1-13,22-23,28-29H,14-20H2,(H,34,39)(H,35,40)(H,36,37)/t23?,29-/m0/s1. The van der Waals surface area contributed by atoms with Crippen molar-refractivity contribution in [2.24, 2.45) is 11.8 Å². The van der Waals surface area contributed by atoms with Gasteiger partial charge < -0.3 is 25.2 Å². The number of benzene rings is 3. The highest BCUT2D eigenvalue weighted by atomic mass is 16.5. The molecule has 42 heavy (non-hydrogen) atoms. The third kappa shape index (κ3) is 7.34. The third-order valence-corrected chi connectivity index (χ3v) is 7.83. The van der Waals surface area contributed by atoms with Crippen LogP contribution in [0, 0.1) is 11.8 Å². The minimum atomic E-state index is -1.26. The summed E-state index contributed by atoms with van der Waals surface area (Å²) in [7, 11) is 0. The molecule has 2 amide bonds. The first-order valence-corrected chi connectivity index (χ1v) is 14.2. The number of amides is 2. The molecule has 9 heteroatoms. The minimum absolute atomic E-state index is 0.0291. The molecule has 1 fully saturated rings. The topological polar surface area (TPSA) is 131 Å². The van der Waals surface area contributed by atoms with Gasteiger partial charge in [-0.25, -0.2) is 4.79 Å². The summed E-state index contributed by atoms with van der Waals surface area (Å²) >= 11 is 0.